The minimum atomic E-state index is -4.63. The van der Waals surface area contributed by atoms with Crippen molar-refractivity contribution in [2.24, 2.45) is 5.73 Å². The average Bonchev–Trinajstić information content (AvgIpc) is 2.60. The van der Waals surface area contributed by atoms with Gasteiger partial charge < -0.3 is 15.8 Å². The molecular weight excluding hydrogens is 391 g/mol. The molecule has 142 valence electrons. The Hall–Kier alpha value is -3.14. The summed E-state index contributed by atoms with van der Waals surface area (Å²) >= 11 is 5.66. The highest BCUT2D eigenvalue weighted by atomic mass is 35.5. The fourth-order valence-corrected chi connectivity index (χ4v) is 2.05. The summed E-state index contributed by atoms with van der Waals surface area (Å²) in [4.78, 5) is 38.0. The van der Waals surface area contributed by atoms with Gasteiger partial charge in [-0.25, -0.2) is 9.78 Å². The monoisotopic (exact) mass is 401 g/mol. The largest absolute Gasteiger partial charge is 0.452 e. The third kappa shape index (κ3) is 5.42. The maximum absolute atomic E-state index is 12.5. The zero-order valence-electron chi connectivity index (χ0n) is 13.3. The molecule has 27 heavy (non-hydrogen) atoms. The van der Waals surface area contributed by atoms with E-state index in [1.165, 1.54) is 24.3 Å². The smallest absolute Gasteiger partial charge is 0.417 e. The predicted octanol–water partition coefficient (Wildman–Crippen LogP) is 2.65. The number of carbonyl (C=O) groups is 3. The fraction of sp³-hybridized carbons (Fsp3) is 0.125. The highest BCUT2D eigenvalue weighted by Gasteiger charge is 2.31. The Bertz CT molecular complexity index is 885. The van der Waals surface area contributed by atoms with Crippen LogP contribution in [0.3, 0.4) is 0 Å². The van der Waals surface area contributed by atoms with Crippen LogP contribution < -0.4 is 11.1 Å². The molecule has 0 saturated carbocycles. The lowest BCUT2D eigenvalue weighted by atomic mass is 10.1. The zero-order chi connectivity index (χ0) is 20.2. The van der Waals surface area contributed by atoms with Gasteiger partial charge in [-0.05, 0) is 30.3 Å². The lowest BCUT2D eigenvalue weighted by Gasteiger charge is -2.10. The number of nitrogens with zero attached hydrogens (tertiary/aromatic N) is 1. The van der Waals surface area contributed by atoms with E-state index in [1.807, 2.05) is 0 Å². The summed E-state index contributed by atoms with van der Waals surface area (Å²) in [6.07, 6.45) is -4.12. The normalized spacial score (nSPS) is 11.0. The first-order chi connectivity index (χ1) is 12.6. The minimum absolute atomic E-state index is 0.0680. The van der Waals surface area contributed by atoms with Crippen LogP contribution in [0.25, 0.3) is 0 Å². The summed E-state index contributed by atoms with van der Waals surface area (Å²) < 4.78 is 42.4. The first-order valence-electron chi connectivity index (χ1n) is 7.17. The minimum Gasteiger partial charge on any atom is -0.452 e. The van der Waals surface area contributed by atoms with Crippen molar-refractivity contribution < 1.29 is 32.3 Å². The van der Waals surface area contributed by atoms with Crippen LogP contribution in [-0.2, 0) is 15.7 Å². The van der Waals surface area contributed by atoms with Crippen LogP contribution in [0.5, 0.6) is 0 Å². The SMILES string of the molecule is NC(=O)c1ccc(C(=O)OCC(=O)Nc2ncc(C(F)(F)F)cc2Cl)cc1. The second-order valence-corrected chi connectivity index (χ2v) is 5.53. The molecule has 0 atom stereocenters. The first kappa shape index (κ1) is 20.2. The van der Waals surface area contributed by atoms with Crippen LogP contribution >= 0.6 is 11.6 Å². The number of alkyl halides is 3. The van der Waals surface area contributed by atoms with E-state index in [0.29, 0.717) is 12.3 Å². The number of anilines is 1. The van der Waals surface area contributed by atoms with Crippen LogP contribution in [0.1, 0.15) is 26.3 Å². The second kappa shape index (κ2) is 8.04. The number of carbonyl (C=O) groups excluding carboxylic acids is 3. The summed E-state index contributed by atoms with van der Waals surface area (Å²) in [5, 5.41) is 1.71. The molecule has 2 amide bonds. The van der Waals surface area contributed by atoms with Crippen molar-refractivity contribution in [2.45, 2.75) is 6.18 Å². The number of primary amides is 1. The molecule has 0 aliphatic carbocycles. The zero-order valence-corrected chi connectivity index (χ0v) is 14.1. The van der Waals surface area contributed by atoms with Crippen LogP contribution in [0.15, 0.2) is 36.5 Å². The Morgan fingerprint density at radius 3 is 2.26 bits per heavy atom. The van der Waals surface area contributed by atoms with E-state index in [1.54, 1.807) is 0 Å². The van der Waals surface area contributed by atoms with Gasteiger partial charge in [0.2, 0.25) is 5.91 Å². The molecule has 0 saturated heterocycles. The number of esters is 1. The van der Waals surface area contributed by atoms with E-state index in [-0.39, 0.29) is 16.9 Å². The van der Waals surface area contributed by atoms with E-state index in [2.05, 4.69) is 10.3 Å². The number of rotatable bonds is 5. The van der Waals surface area contributed by atoms with Gasteiger partial charge in [-0.1, -0.05) is 11.6 Å². The molecule has 0 fully saturated rings. The Kier molecular flexibility index (Phi) is 6.01. The molecule has 0 bridgehead atoms. The molecule has 0 aliphatic heterocycles. The van der Waals surface area contributed by atoms with Crippen molar-refractivity contribution in [3.63, 3.8) is 0 Å². The molecule has 3 N–H and O–H groups in total. The summed E-state index contributed by atoms with van der Waals surface area (Å²) in [6, 6.07) is 5.80. The lowest BCUT2D eigenvalue weighted by Crippen LogP contribution is -2.22. The van der Waals surface area contributed by atoms with Crippen LogP contribution in [-0.4, -0.2) is 29.4 Å². The van der Waals surface area contributed by atoms with Gasteiger partial charge in [0.1, 0.15) is 0 Å². The number of ether oxygens (including phenoxy) is 1. The van der Waals surface area contributed by atoms with Crippen molar-refractivity contribution in [2.75, 3.05) is 11.9 Å². The van der Waals surface area contributed by atoms with E-state index in [4.69, 9.17) is 22.1 Å². The highest BCUT2D eigenvalue weighted by Crippen LogP contribution is 2.32. The number of halogens is 4. The van der Waals surface area contributed by atoms with Crippen molar-refractivity contribution in [1.82, 2.24) is 4.98 Å². The Morgan fingerprint density at radius 1 is 1.15 bits per heavy atom. The Balaban J connectivity index is 1.94. The Labute approximate surface area is 155 Å². The number of nitrogens with two attached hydrogens (primary N) is 1. The molecule has 1 aromatic carbocycles. The number of amides is 2. The number of pyridine rings is 1. The third-order valence-corrected chi connectivity index (χ3v) is 3.45. The van der Waals surface area contributed by atoms with Crippen LogP contribution in [0.2, 0.25) is 5.02 Å². The van der Waals surface area contributed by atoms with Crippen molar-refractivity contribution in [3.8, 4) is 0 Å². The summed E-state index contributed by atoms with van der Waals surface area (Å²) in [7, 11) is 0. The number of hydrogen-bond donors (Lipinski definition) is 2. The molecule has 1 heterocycles. The van der Waals surface area contributed by atoms with Gasteiger partial charge in [0, 0.05) is 11.8 Å². The summed E-state index contributed by atoms with van der Waals surface area (Å²) in [5.74, 6) is -2.69. The molecule has 7 nitrogen and oxygen atoms in total. The molecular formula is C16H11ClF3N3O4. The molecule has 0 radical (unpaired) electrons. The van der Waals surface area contributed by atoms with Gasteiger partial charge in [-0.3, -0.25) is 9.59 Å². The van der Waals surface area contributed by atoms with Gasteiger partial charge in [0.05, 0.1) is 16.1 Å². The number of nitrogens with one attached hydrogen (secondary N) is 1. The molecule has 0 spiro atoms. The van der Waals surface area contributed by atoms with E-state index in [0.717, 1.165) is 0 Å². The number of benzene rings is 1. The van der Waals surface area contributed by atoms with Crippen molar-refractivity contribution >= 4 is 35.2 Å². The van der Waals surface area contributed by atoms with E-state index < -0.39 is 41.2 Å². The number of hydrogen-bond acceptors (Lipinski definition) is 5. The van der Waals surface area contributed by atoms with E-state index in [9.17, 15) is 27.6 Å². The fourth-order valence-electron chi connectivity index (χ4n) is 1.84. The maximum atomic E-state index is 12.5. The summed E-state index contributed by atoms with van der Waals surface area (Å²) in [6.45, 7) is -0.727. The summed E-state index contributed by atoms with van der Waals surface area (Å²) in [5.41, 5.74) is 4.25. The van der Waals surface area contributed by atoms with Gasteiger partial charge in [0.25, 0.3) is 5.91 Å². The van der Waals surface area contributed by atoms with Gasteiger partial charge in [-0.2, -0.15) is 13.2 Å². The molecule has 0 unspecified atom stereocenters. The van der Waals surface area contributed by atoms with Gasteiger partial charge >= 0.3 is 12.1 Å². The average molecular weight is 402 g/mol. The standard InChI is InChI=1S/C16H11ClF3N3O4/c17-11-5-10(16(18,19)20)6-22-14(11)23-12(24)7-27-15(26)9-3-1-8(2-4-9)13(21)25/h1-6H,7H2,(H2,21,25)(H,22,23,24). The third-order valence-electron chi connectivity index (χ3n) is 3.17. The van der Waals surface area contributed by atoms with Crippen LogP contribution in [0, 0.1) is 0 Å². The second-order valence-electron chi connectivity index (χ2n) is 5.12. The van der Waals surface area contributed by atoms with Gasteiger partial charge in [0.15, 0.2) is 12.4 Å². The van der Waals surface area contributed by atoms with Gasteiger partial charge in [-0.15, -0.1) is 0 Å². The van der Waals surface area contributed by atoms with Crippen molar-refractivity contribution in [3.05, 3.63) is 58.2 Å². The molecule has 2 rings (SSSR count). The van der Waals surface area contributed by atoms with Crippen molar-refractivity contribution in [1.29, 1.82) is 0 Å². The van der Waals surface area contributed by atoms with Crippen LogP contribution in [0.4, 0.5) is 19.0 Å². The predicted molar refractivity (Wildman–Crippen MR) is 88.1 cm³/mol. The lowest BCUT2D eigenvalue weighted by molar-refractivity contribution is -0.137. The molecule has 11 heteroatoms. The topological polar surface area (TPSA) is 111 Å². The number of aromatic nitrogens is 1. The molecule has 1 aromatic heterocycles. The quantitative estimate of drug-likeness (QED) is 0.748. The maximum Gasteiger partial charge on any atom is 0.417 e. The molecule has 2 aromatic rings. The highest BCUT2D eigenvalue weighted by molar-refractivity contribution is 6.33. The van der Waals surface area contributed by atoms with E-state index >= 15 is 0 Å². The Morgan fingerprint density at radius 2 is 1.74 bits per heavy atom. The first-order valence-corrected chi connectivity index (χ1v) is 7.55. The molecule has 0 aliphatic rings.